The number of benzene rings is 1. The summed E-state index contributed by atoms with van der Waals surface area (Å²) in [6.07, 6.45) is 0. The van der Waals surface area contributed by atoms with E-state index in [4.69, 9.17) is 4.52 Å². The summed E-state index contributed by atoms with van der Waals surface area (Å²) < 4.78 is 10.2. The second kappa shape index (κ2) is 4.26. The molecule has 0 spiro atoms. The molecule has 1 unspecified atom stereocenters. The van der Waals surface area contributed by atoms with Gasteiger partial charge in [-0.1, -0.05) is 18.2 Å². The lowest BCUT2D eigenvalue weighted by Gasteiger charge is -2.27. The molecule has 76 valence electrons. The summed E-state index contributed by atoms with van der Waals surface area (Å²) in [5, 5.41) is 0. The maximum absolute atomic E-state index is 5.70. The van der Waals surface area contributed by atoms with Gasteiger partial charge in [0.15, 0.2) is 0 Å². The van der Waals surface area contributed by atoms with Gasteiger partial charge in [-0.25, -0.2) is 4.67 Å². The molecule has 1 aliphatic rings. The van der Waals surface area contributed by atoms with Crippen LogP contribution in [0.25, 0.3) is 0 Å². The molecule has 0 saturated carbocycles. The van der Waals surface area contributed by atoms with Crippen LogP contribution < -0.4 is 4.67 Å². The average molecular weight is 210 g/mol. The Morgan fingerprint density at radius 2 is 2.00 bits per heavy atom. The lowest BCUT2D eigenvalue weighted by Crippen LogP contribution is -2.19. The number of para-hydroxylation sites is 1. The second-order valence-corrected chi connectivity index (χ2v) is 5.44. The maximum Gasteiger partial charge on any atom is 0.217 e. The third-order valence-electron chi connectivity index (χ3n) is 2.11. The van der Waals surface area contributed by atoms with E-state index in [0.29, 0.717) is 0 Å². The van der Waals surface area contributed by atoms with Crippen molar-refractivity contribution < 1.29 is 4.52 Å². The van der Waals surface area contributed by atoms with Gasteiger partial charge in [0.2, 0.25) is 8.45 Å². The van der Waals surface area contributed by atoms with E-state index in [-0.39, 0.29) is 0 Å². The first kappa shape index (κ1) is 9.91. The molecule has 14 heavy (non-hydrogen) atoms. The fourth-order valence-corrected chi connectivity index (χ4v) is 3.15. The first-order valence-electron chi connectivity index (χ1n) is 4.72. The lowest BCUT2D eigenvalue weighted by molar-refractivity contribution is 0.373. The lowest BCUT2D eigenvalue weighted by atomic mass is 10.3. The van der Waals surface area contributed by atoms with Crippen molar-refractivity contribution in [2.24, 2.45) is 0 Å². The predicted octanol–water partition coefficient (Wildman–Crippen LogP) is 2.31. The van der Waals surface area contributed by atoms with Crippen LogP contribution in [0.5, 0.6) is 0 Å². The molecule has 1 atom stereocenters. The molecule has 1 saturated heterocycles. The molecule has 1 fully saturated rings. The van der Waals surface area contributed by atoms with Gasteiger partial charge < -0.3 is 9.19 Å². The monoisotopic (exact) mass is 210 g/mol. The Bertz CT molecular complexity index is 291. The van der Waals surface area contributed by atoms with E-state index in [0.717, 1.165) is 13.2 Å². The minimum Gasteiger partial charge on any atom is -0.325 e. The van der Waals surface area contributed by atoms with Crippen molar-refractivity contribution in [1.29, 1.82) is 0 Å². The molecule has 2 rings (SSSR count). The molecule has 1 aliphatic heterocycles. The van der Waals surface area contributed by atoms with Gasteiger partial charge >= 0.3 is 0 Å². The maximum atomic E-state index is 5.70. The quantitative estimate of drug-likeness (QED) is 0.697. The van der Waals surface area contributed by atoms with Crippen LogP contribution in [0.15, 0.2) is 30.3 Å². The average Bonchev–Trinajstić information content (AvgIpc) is 2.67. The molecule has 3 nitrogen and oxygen atoms in total. The van der Waals surface area contributed by atoms with Gasteiger partial charge in [0, 0.05) is 12.2 Å². The van der Waals surface area contributed by atoms with Gasteiger partial charge in [-0.15, -0.1) is 0 Å². The molecule has 1 aromatic carbocycles. The molecule has 0 aromatic heterocycles. The largest absolute Gasteiger partial charge is 0.325 e. The molecule has 1 aromatic rings. The molecule has 1 heterocycles. The Morgan fingerprint density at radius 1 is 1.29 bits per heavy atom. The van der Waals surface area contributed by atoms with Crippen molar-refractivity contribution in [3.8, 4) is 0 Å². The van der Waals surface area contributed by atoms with Gasteiger partial charge in [0.05, 0.1) is 6.61 Å². The number of rotatable bonds is 2. The Hall–Kier alpha value is -0.630. The highest BCUT2D eigenvalue weighted by Crippen LogP contribution is 2.49. The van der Waals surface area contributed by atoms with Crippen molar-refractivity contribution in [3.63, 3.8) is 0 Å². The zero-order chi connectivity index (χ0) is 9.97. The van der Waals surface area contributed by atoms with Crippen LogP contribution in [-0.2, 0) is 4.52 Å². The Kier molecular flexibility index (Phi) is 3.02. The predicted molar refractivity (Wildman–Crippen MR) is 60.3 cm³/mol. The van der Waals surface area contributed by atoms with Crippen LogP contribution in [0.4, 0.5) is 5.69 Å². The van der Waals surface area contributed by atoms with E-state index < -0.39 is 8.45 Å². The number of nitrogens with zero attached hydrogens (tertiary/aromatic N) is 2. The summed E-state index contributed by atoms with van der Waals surface area (Å²) in [4.78, 5) is 0. The molecule has 0 radical (unpaired) electrons. The van der Waals surface area contributed by atoms with Crippen LogP contribution in [0.3, 0.4) is 0 Å². The van der Waals surface area contributed by atoms with Crippen LogP contribution in [-0.4, -0.2) is 31.9 Å². The van der Waals surface area contributed by atoms with E-state index >= 15 is 0 Å². The third-order valence-corrected chi connectivity index (χ3v) is 4.05. The third kappa shape index (κ3) is 1.90. The number of hydrogen-bond donors (Lipinski definition) is 0. The Morgan fingerprint density at radius 3 is 2.64 bits per heavy atom. The summed E-state index contributed by atoms with van der Waals surface area (Å²) in [5.41, 5.74) is 1.25. The summed E-state index contributed by atoms with van der Waals surface area (Å²) >= 11 is 0. The van der Waals surface area contributed by atoms with Gasteiger partial charge in [0.25, 0.3) is 0 Å². The zero-order valence-electron chi connectivity index (χ0n) is 8.55. The van der Waals surface area contributed by atoms with E-state index in [1.807, 2.05) is 6.07 Å². The van der Waals surface area contributed by atoms with Crippen LogP contribution in [0.1, 0.15) is 0 Å². The van der Waals surface area contributed by atoms with E-state index in [1.165, 1.54) is 5.69 Å². The molecular formula is C10H15N2OP. The van der Waals surface area contributed by atoms with Crippen molar-refractivity contribution in [3.05, 3.63) is 30.3 Å². The molecule has 0 N–H and O–H groups in total. The second-order valence-electron chi connectivity index (χ2n) is 3.39. The van der Waals surface area contributed by atoms with Crippen LogP contribution in [0, 0.1) is 0 Å². The highest BCUT2D eigenvalue weighted by atomic mass is 31.2. The minimum absolute atomic E-state index is 0.577. The molecule has 0 aliphatic carbocycles. The molecular weight excluding hydrogens is 195 g/mol. The number of hydrogen-bond acceptors (Lipinski definition) is 3. The Labute approximate surface area is 86.2 Å². The zero-order valence-corrected chi connectivity index (χ0v) is 9.45. The van der Waals surface area contributed by atoms with Gasteiger partial charge in [-0.3, -0.25) is 0 Å². The fourth-order valence-electron chi connectivity index (χ4n) is 1.52. The van der Waals surface area contributed by atoms with E-state index in [9.17, 15) is 0 Å². The first-order valence-corrected chi connectivity index (χ1v) is 5.88. The highest BCUT2D eigenvalue weighted by molar-refractivity contribution is 7.52. The first-order chi connectivity index (χ1) is 6.79. The molecule has 4 heteroatoms. The highest BCUT2D eigenvalue weighted by Gasteiger charge is 2.28. The fraction of sp³-hybridized carbons (Fsp3) is 0.400. The summed E-state index contributed by atoms with van der Waals surface area (Å²) in [5.74, 6) is 0. The Balaban J connectivity index is 2.18. The molecule has 0 amide bonds. The van der Waals surface area contributed by atoms with Gasteiger partial charge in [0.1, 0.15) is 0 Å². The van der Waals surface area contributed by atoms with Gasteiger partial charge in [-0.05, 0) is 26.2 Å². The summed E-state index contributed by atoms with van der Waals surface area (Å²) in [7, 11) is 3.55. The van der Waals surface area contributed by atoms with Gasteiger partial charge in [-0.2, -0.15) is 0 Å². The standard InChI is InChI=1S/C10H15N2OP/c1-11(2)14-12(8-9-13-14)10-6-4-3-5-7-10/h3-7H,8-9H2,1-2H3. The summed E-state index contributed by atoms with van der Waals surface area (Å²) in [6.45, 7) is 1.83. The summed E-state index contributed by atoms with van der Waals surface area (Å²) in [6, 6.07) is 10.4. The number of anilines is 1. The van der Waals surface area contributed by atoms with Crippen molar-refractivity contribution in [2.45, 2.75) is 0 Å². The smallest absolute Gasteiger partial charge is 0.217 e. The minimum atomic E-state index is -0.577. The van der Waals surface area contributed by atoms with Crippen molar-refractivity contribution >= 4 is 14.1 Å². The topological polar surface area (TPSA) is 15.7 Å². The van der Waals surface area contributed by atoms with Crippen molar-refractivity contribution in [2.75, 3.05) is 31.9 Å². The van der Waals surface area contributed by atoms with Crippen molar-refractivity contribution in [1.82, 2.24) is 4.67 Å². The SMILES string of the molecule is CN(C)P1OCCN1c1ccccc1. The van der Waals surface area contributed by atoms with E-state index in [2.05, 4.69) is 47.7 Å². The molecule has 0 bridgehead atoms. The van der Waals surface area contributed by atoms with E-state index in [1.54, 1.807) is 0 Å². The van der Waals surface area contributed by atoms with Crippen LogP contribution >= 0.6 is 8.45 Å². The normalized spacial score (nSPS) is 21.9. The van der Waals surface area contributed by atoms with Crippen LogP contribution in [0.2, 0.25) is 0 Å².